The highest BCUT2D eigenvalue weighted by Gasteiger charge is 2.27. The smallest absolute Gasteiger partial charge is 0.319 e. The lowest BCUT2D eigenvalue weighted by molar-refractivity contribution is 0.254. The minimum Gasteiger partial charge on any atom is -0.506 e. The number of aromatic hydroxyl groups is 1. The van der Waals surface area contributed by atoms with Crippen molar-refractivity contribution in [2.75, 3.05) is 12.4 Å². The third-order valence-electron chi connectivity index (χ3n) is 5.30. The zero-order valence-electron chi connectivity index (χ0n) is 18.9. The minimum atomic E-state index is -0.463. The number of hydrogen-bond donors (Lipinski definition) is 4. The fourth-order valence-electron chi connectivity index (χ4n) is 3.67. The molecule has 12 heteroatoms. The number of benzene rings is 2. The molecule has 0 unspecified atom stereocenters. The van der Waals surface area contributed by atoms with E-state index in [0.717, 1.165) is 0 Å². The van der Waals surface area contributed by atoms with Gasteiger partial charge in [-0.1, -0.05) is 54.7 Å². The third-order valence-corrected chi connectivity index (χ3v) is 6.09. The molecule has 0 aliphatic carbocycles. The molecule has 0 atom stereocenters. The van der Waals surface area contributed by atoms with Crippen molar-refractivity contribution in [3.8, 4) is 22.8 Å². The third kappa shape index (κ3) is 4.93. The fourth-order valence-corrected chi connectivity index (χ4v) is 4.65. The van der Waals surface area contributed by atoms with Gasteiger partial charge in [0.1, 0.15) is 22.8 Å². The lowest BCUT2D eigenvalue weighted by Crippen LogP contribution is -2.24. The lowest BCUT2D eigenvalue weighted by Gasteiger charge is -2.12. The van der Waals surface area contributed by atoms with Crippen molar-refractivity contribution in [2.45, 2.75) is 26.2 Å². The summed E-state index contributed by atoms with van der Waals surface area (Å²) in [4.78, 5) is 33.4. The molecule has 0 radical (unpaired) electrons. The maximum absolute atomic E-state index is 13.1. The quantitative estimate of drug-likeness (QED) is 0.262. The number of carbonyl (C=O) groups is 1. The number of phenols is 1. The number of phenolic OH excluding ortho intramolecular Hbond substituents is 1. The van der Waals surface area contributed by atoms with Crippen LogP contribution >= 0.6 is 34.8 Å². The highest BCUT2D eigenvalue weighted by atomic mass is 35.5. The van der Waals surface area contributed by atoms with Gasteiger partial charge in [-0.2, -0.15) is 4.98 Å². The van der Waals surface area contributed by atoms with E-state index in [9.17, 15) is 14.7 Å². The molecule has 0 aromatic heterocycles. The molecule has 0 fully saturated rings. The van der Waals surface area contributed by atoms with Gasteiger partial charge < -0.3 is 15.7 Å². The van der Waals surface area contributed by atoms with E-state index in [1.807, 2.05) is 13.8 Å². The minimum absolute atomic E-state index is 0.0388. The topological polar surface area (TPSA) is 125 Å². The highest BCUT2D eigenvalue weighted by molar-refractivity contribution is 6.40. The molecule has 0 bridgehead atoms. The van der Waals surface area contributed by atoms with Crippen molar-refractivity contribution in [1.82, 2.24) is 25.1 Å². The van der Waals surface area contributed by atoms with Crippen LogP contribution in [0.4, 0.5) is 10.5 Å². The van der Waals surface area contributed by atoms with Crippen molar-refractivity contribution in [3.63, 3.8) is 0 Å². The zero-order valence-corrected chi connectivity index (χ0v) is 21.2. The van der Waals surface area contributed by atoms with E-state index in [4.69, 9.17) is 34.8 Å². The normalized spacial score (nSPS) is 11.3. The van der Waals surface area contributed by atoms with Gasteiger partial charge in [0.2, 0.25) is 0 Å². The average molecular weight is 536 g/mol. The van der Waals surface area contributed by atoms with Crippen LogP contribution in [0, 0.1) is 0 Å². The van der Waals surface area contributed by atoms with Crippen LogP contribution in [0.2, 0.25) is 15.1 Å². The number of hydrogen-bond acceptors (Lipinski definition) is 5. The number of nitrogens with one attached hydrogen (secondary N) is 3. The standard InChI is InChI=1S/C23H21Cl3N6O3/c1-10(2)19-18-21(32(31-19)20-13(25)8-12(24)9-14(20)26)29-17(30-22(18)34)7-11-4-5-15(16(33)6-11)28-23(35)27-3/h4-6,8-10,31,33H,7H2,1-3H3,(H2,27,28,35). The number of nitrogens with zero attached hydrogens (tertiary/aromatic N) is 3. The molecule has 0 spiro atoms. The van der Waals surface area contributed by atoms with Gasteiger partial charge >= 0.3 is 6.03 Å². The number of amides is 2. The van der Waals surface area contributed by atoms with Crippen LogP contribution in [0.5, 0.6) is 5.75 Å². The summed E-state index contributed by atoms with van der Waals surface area (Å²) in [5.41, 5.74) is 1.80. The summed E-state index contributed by atoms with van der Waals surface area (Å²) < 4.78 is 1.56. The van der Waals surface area contributed by atoms with Crippen molar-refractivity contribution in [2.24, 2.45) is 0 Å². The van der Waals surface area contributed by atoms with Gasteiger partial charge in [-0.25, -0.2) is 14.5 Å². The summed E-state index contributed by atoms with van der Waals surface area (Å²) in [6.45, 7) is 3.87. The van der Waals surface area contributed by atoms with Gasteiger partial charge in [0.05, 0.1) is 21.4 Å². The monoisotopic (exact) mass is 534 g/mol. The van der Waals surface area contributed by atoms with Crippen LogP contribution in [-0.4, -0.2) is 37.9 Å². The Kier molecular flexibility index (Phi) is 6.93. The van der Waals surface area contributed by atoms with E-state index >= 15 is 0 Å². The summed E-state index contributed by atoms with van der Waals surface area (Å²) in [5, 5.41) is 19.3. The molecular formula is C23H21Cl3N6O3. The largest absolute Gasteiger partial charge is 0.506 e. The Morgan fingerprint density at radius 1 is 1.14 bits per heavy atom. The van der Waals surface area contributed by atoms with E-state index in [2.05, 4.69) is 25.7 Å². The summed E-state index contributed by atoms with van der Waals surface area (Å²) >= 11 is 19.0. The first-order valence-corrected chi connectivity index (χ1v) is 11.7. The predicted molar refractivity (Wildman–Crippen MR) is 137 cm³/mol. The second-order valence-corrected chi connectivity index (χ2v) is 9.36. The van der Waals surface area contributed by atoms with Crippen molar-refractivity contribution in [3.05, 3.63) is 72.8 Å². The Bertz CT molecular complexity index is 1440. The first-order valence-electron chi connectivity index (χ1n) is 10.6. The number of urea groups is 1. The number of halogens is 3. The van der Waals surface area contributed by atoms with Crippen LogP contribution in [-0.2, 0) is 6.42 Å². The van der Waals surface area contributed by atoms with E-state index < -0.39 is 11.6 Å². The van der Waals surface area contributed by atoms with E-state index in [1.54, 1.807) is 28.9 Å². The lowest BCUT2D eigenvalue weighted by atomic mass is 10.1. The number of carbonyl (C=O) groups excluding carboxylic acids is 1. The summed E-state index contributed by atoms with van der Waals surface area (Å²) in [6, 6.07) is 7.36. The number of aromatic nitrogens is 4. The SMILES string of the molecule is CNC(=O)Nc1ccc(Cc2nc3n(-c4c(Cl)cc(Cl)cc4Cl)[nH]c(C(C)C)c-3c(=O)n2)cc1O. The summed E-state index contributed by atoms with van der Waals surface area (Å²) in [7, 11) is 1.47. The number of aromatic amines is 1. The Labute approximate surface area is 215 Å². The molecule has 2 aromatic rings. The fraction of sp³-hybridized carbons (Fsp3) is 0.217. The van der Waals surface area contributed by atoms with Crippen LogP contribution in [0.25, 0.3) is 17.1 Å². The van der Waals surface area contributed by atoms with Gasteiger partial charge in [-0.15, -0.1) is 0 Å². The van der Waals surface area contributed by atoms with Crippen LogP contribution in [0.3, 0.4) is 0 Å². The molecule has 35 heavy (non-hydrogen) atoms. The van der Waals surface area contributed by atoms with E-state index in [-0.39, 0.29) is 39.6 Å². The molecule has 2 aromatic carbocycles. The molecule has 2 heterocycles. The number of H-pyrrole nitrogens is 1. The number of anilines is 1. The zero-order chi connectivity index (χ0) is 25.4. The van der Waals surface area contributed by atoms with E-state index in [0.29, 0.717) is 33.4 Å². The molecule has 2 amide bonds. The first kappa shape index (κ1) is 24.8. The van der Waals surface area contributed by atoms with Crippen LogP contribution < -0.4 is 16.2 Å². The summed E-state index contributed by atoms with van der Waals surface area (Å²) in [6.07, 6.45) is 0.156. The second-order valence-electron chi connectivity index (χ2n) is 8.11. The summed E-state index contributed by atoms with van der Waals surface area (Å²) in [5.74, 6) is 0.381. The second kappa shape index (κ2) is 9.77. The Balaban J connectivity index is 1.81. The van der Waals surface area contributed by atoms with Crippen LogP contribution in [0.15, 0.2) is 35.1 Å². The van der Waals surface area contributed by atoms with Crippen molar-refractivity contribution < 1.29 is 9.90 Å². The molecule has 182 valence electrons. The maximum Gasteiger partial charge on any atom is 0.319 e. The molecule has 9 nitrogen and oxygen atoms in total. The Morgan fingerprint density at radius 3 is 2.43 bits per heavy atom. The molecule has 0 saturated carbocycles. The number of rotatable bonds is 5. The van der Waals surface area contributed by atoms with Gasteiger partial charge in [0.25, 0.3) is 5.56 Å². The van der Waals surface area contributed by atoms with Gasteiger partial charge in [-0.05, 0) is 35.7 Å². The van der Waals surface area contributed by atoms with Gasteiger partial charge in [-0.3, -0.25) is 9.89 Å². The van der Waals surface area contributed by atoms with Gasteiger partial charge in [0.15, 0.2) is 5.82 Å². The van der Waals surface area contributed by atoms with Crippen LogP contribution in [0.1, 0.15) is 36.8 Å². The number of fused-ring (bicyclic) bond motifs is 1. The Hall–Kier alpha value is -3.27. The van der Waals surface area contributed by atoms with E-state index in [1.165, 1.54) is 13.1 Å². The van der Waals surface area contributed by atoms with Gasteiger partial charge in [0, 0.05) is 18.5 Å². The molecule has 0 saturated heterocycles. The first-order chi connectivity index (χ1) is 16.6. The molecular weight excluding hydrogens is 515 g/mol. The Morgan fingerprint density at radius 2 is 1.83 bits per heavy atom. The maximum atomic E-state index is 13.1. The average Bonchev–Trinajstić information content (AvgIpc) is 3.15. The molecule has 2 aliphatic heterocycles. The predicted octanol–water partition coefficient (Wildman–Crippen LogP) is 5.19. The molecule has 4 rings (SSSR count). The van der Waals surface area contributed by atoms with Crippen molar-refractivity contribution >= 4 is 46.5 Å². The van der Waals surface area contributed by atoms with Crippen molar-refractivity contribution in [1.29, 1.82) is 0 Å². The molecule has 2 aliphatic rings. The highest BCUT2D eigenvalue weighted by Crippen LogP contribution is 2.36. The molecule has 4 N–H and O–H groups in total.